The monoisotopic (exact) mass is 258 g/mol. The van der Waals surface area contributed by atoms with Gasteiger partial charge in [0.2, 0.25) is 0 Å². The Morgan fingerprint density at radius 3 is 2.39 bits per heavy atom. The van der Waals surface area contributed by atoms with Crippen LogP contribution in [0.15, 0.2) is 0 Å². The highest BCUT2D eigenvalue weighted by atomic mass is 16.6. The third-order valence-corrected chi connectivity index (χ3v) is 3.40. The zero-order valence-corrected chi connectivity index (χ0v) is 11.7. The van der Waals surface area contributed by atoms with Crippen molar-refractivity contribution in [1.82, 2.24) is 5.32 Å². The van der Waals surface area contributed by atoms with E-state index in [1.807, 2.05) is 20.8 Å². The Hall–Kier alpha value is -0.810. The van der Waals surface area contributed by atoms with Crippen molar-refractivity contribution in [3.8, 4) is 0 Å². The molecule has 0 spiro atoms. The van der Waals surface area contributed by atoms with E-state index in [4.69, 9.17) is 10.5 Å². The maximum Gasteiger partial charge on any atom is 0.408 e. The van der Waals surface area contributed by atoms with Gasteiger partial charge in [-0.15, -0.1) is 0 Å². The summed E-state index contributed by atoms with van der Waals surface area (Å²) in [5, 5.41) is 12.2. The molecule has 0 radical (unpaired) electrons. The van der Waals surface area contributed by atoms with E-state index < -0.39 is 23.3 Å². The third-order valence-electron chi connectivity index (χ3n) is 3.40. The van der Waals surface area contributed by atoms with Crippen LogP contribution in [-0.4, -0.2) is 35.0 Å². The smallest absolute Gasteiger partial charge is 0.408 e. The second kappa shape index (κ2) is 5.89. The molecule has 1 fully saturated rings. The molecular formula is C13H26N2O3. The molecule has 1 saturated carbocycles. The molecule has 1 amide bonds. The van der Waals surface area contributed by atoms with Crippen molar-refractivity contribution >= 4 is 6.09 Å². The van der Waals surface area contributed by atoms with E-state index in [0.717, 1.165) is 32.1 Å². The van der Waals surface area contributed by atoms with E-state index in [2.05, 4.69) is 5.32 Å². The molecule has 5 nitrogen and oxygen atoms in total. The molecule has 1 rings (SSSR count). The van der Waals surface area contributed by atoms with Crippen molar-refractivity contribution in [3.63, 3.8) is 0 Å². The van der Waals surface area contributed by atoms with Gasteiger partial charge in [-0.25, -0.2) is 4.79 Å². The normalized spacial score (nSPS) is 21.2. The van der Waals surface area contributed by atoms with E-state index in [0.29, 0.717) is 0 Å². The van der Waals surface area contributed by atoms with Gasteiger partial charge in [-0.2, -0.15) is 0 Å². The standard InChI is InChI=1S/C13H26N2O3/c1-12(2,3)18-11(17)15-13(10(14)9-16)7-5-4-6-8-13/h10,16H,4-9,14H2,1-3H3,(H,15,17)/t10-/m0/s1. The van der Waals surface area contributed by atoms with Crippen LogP contribution in [0.25, 0.3) is 0 Å². The molecule has 0 saturated heterocycles. The van der Waals surface area contributed by atoms with Gasteiger partial charge in [-0.05, 0) is 33.6 Å². The van der Waals surface area contributed by atoms with Crippen LogP contribution in [0.5, 0.6) is 0 Å². The van der Waals surface area contributed by atoms with E-state index in [1.165, 1.54) is 0 Å². The first-order valence-corrected chi connectivity index (χ1v) is 6.67. The van der Waals surface area contributed by atoms with Crippen molar-refractivity contribution in [2.75, 3.05) is 6.61 Å². The topological polar surface area (TPSA) is 84.6 Å². The van der Waals surface area contributed by atoms with Crippen LogP contribution in [0.4, 0.5) is 4.79 Å². The molecule has 0 heterocycles. The van der Waals surface area contributed by atoms with Gasteiger partial charge >= 0.3 is 6.09 Å². The van der Waals surface area contributed by atoms with E-state index in [1.54, 1.807) is 0 Å². The van der Waals surface area contributed by atoms with Gasteiger partial charge in [0.1, 0.15) is 5.60 Å². The van der Waals surface area contributed by atoms with Crippen LogP contribution < -0.4 is 11.1 Å². The number of nitrogens with two attached hydrogens (primary N) is 1. The molecule has 18 heavy (non-hydrogen) atoms. The summed E-state index contributed by atoms with van der Waals surface area (Å²) in [6.45, 7) is 5.35. The number of carbonyl (C=O) groups is 1. The van der Waals surface area contributed by atoms with Crippen LogP contribution in [0.3, 0.4) is 0 Å². The largest absolute Gasteiger partial charge is 0.444 e. The summed E-state index contributed by atoms with van der Waals surface area (Å²) in [6.07, 6.45) is 4.33. The lowest BCUT2D eigenvalue weighted by Crippen LogP contribution is -2.62. The highest BCUT2D eigenvalue weighted by Crippen LogP contribution is 2.30. The molecule has 0 aromatic carbocycles. The van der Waals surface area contributed by atoms with Gasteiger partial charge < -0.3 is 20.9 Å². The van der Waals surface area contributed by atoms with E-state index >= 15 is 0 Å². The summed E-state index contributed by atoms with van der Waals surface area (Å²) in [4.78, 5) is 11.9. The first-order chi connectivity index (χ1) is 8.29. The Kier molecular flexibility index (Phi) is 4.99. The Bertz CT molecular complexity index is 280. The molecule has 4 N–H and O–H groups in total. The number of rotatable bonds is 3. The van der Waals surface area contributed by atoms with Crippen LogP contribution in [-0.2, 0) is 4.74 Å². The van der Waals surface area contributed by atoms with Crippen molar-refractivity contribution in [2.24, 2.45) is 5.73 Å². The third kappa shape index (κ3) is 4.14. The zero-order valence-electron chi connectivity index (χ0n) is 11.7. The second-order valence-corrected chi connectivity index (χ2v) is 6.13. The summed E-state index contributed by atoms with van der Waals surface area (Å²) in [6, 6.07) is -0.440. The van der Waals surface area contributed by atoms with Gasteiger partial charge in [0.15, 0.2) is 0 Å². The number of aliphatic hydroxyl groups excluding tert-OH is 1. The van der Waals surface area contributed by atoms with Gasteiger partial charge in [-0.3, -0.25) is 0 Å². The average molecular weight is 258 g/mol. The molecule has 0 unspecified atom stereocenters. The number of hydrogen-bond donors (Lipinski definition) is 3. The van der Waals surface area contributed by atoms with Gasteiger partial charge in [0.25, 0.3) is 0 Å². The van der Waals surface area contributed by atoms with Crippen molar-refractivity contribution < 1.29 is 14.6 Å². The number of nitrogens with one attached hydrogen (secondary N) is 1. The molecule has 1 aliphatic carbocycles. The molecule has 0 bridgehead atoms. The Morgan fingerprint density at radius 2 is 1.94 bits per heavy atom. The van der Waals surface area contributed by atoms with Crippen molar-refractivity contribution in [2.45, 2.75) is 70.1 Å². The van der Waals surface area contributed by atoms with Crippen molar-refractivity contribution in [1.29, 1.82) is 0 Å². The highest BCUT2D eigenvalue weighted by Gasteiger charge is 2.40. The maximum atomic E-state index is 11.9. The fourth-order valence-electron chi connectivity index (χ4n) is 2.45. The first kappa shape index (κ1) is 15.2. The predicted octanol–water partition coefficient (Wildman–Crippen LogP) is 1.53. The number of hydrogen-bond acceptors (Lipinski definition) is 4. The lowest BCUT2D eigenvalue weighted by atomic mass is 9.77. The van der Waals surface area contributed by atoms with Gasteiger partial charge in [-0.1, -0.05) is 19.3 Å². The number of alkyl carbamates (subject to hydrolysis) is 1. The van der Waals surface area contributed by atoms with Crippen LogP contribution >= 0.6 is 0 Å². The number of carbonyl (C=O) groups excluding carboxylic acids is 1. The minimum absolute atomic E-state index is 0.129. The molecule has 106 valence electrons. The molecular weight excluding hydrogens is 232 g/mol. The molecule has 0 aliphatic heterocycles. The molecule has 0 aromatic rings. The quantitative estimate of drug-likeness (QED) is 0.716. The minimum Gasteiger partial charge on any atom is -0.444 e. The maximum absolute atomic E-state index is 11.9. The van der Waals surface area contributed by atoms with Crippen molar-refractivity contribution in [3.05, 3.63) is 0 Å². The lowest BCUT2D eigenvalue weighted by Gasteiger charge is -2.42. The summed E-state index contributed by atoms with van der Waals surface area (Å²) in [5.41, 5.74) is 4.93. The fraction of sp³-hybridized carbons (Fsp3) is 0.923. The molecule has 1 aliphatic rings. The number of aliphatic hydroxyl groups is 1. The Labute approximate surface area is 109 Å². The Balaban J connectivity index is 2.70. The van der Waals surface area contributed by atoms with Crippen LogP contribution in [0, 0.1) is 0 Å². The van der Waals surface area contributed by atoms with Crippen LogP contribution in [0.2, 0.25) is 0 Å². The summed E-state index contributed by atoms with van der Waals surface area (Å²) >= 11 is 0. The summed E-state index contributed by atoms with van der Waals surface area (Å²) < 4.78 is 5.27. The average Bonchev–Trinajstić information content (AvgIpc) is 2.26. The SMILES string of the molecule is CC(C)(C)OC(=O)NC1([C@@H](N)CO)CCCCC1. The highest BCUT2D eigenvalue weighted by molar-refractivity contribution is 5.69. The zero-order chi connectivity index (χ0) is 13.8. The van der Waals surface area contributed by atoms with E-state index in [9.17, 15) is 9.90 Å². The first-order valence-electron chi connectivity index (χ1n) is 6.67. The number of amides is 1. The Morgan fingerprint density at radius 1 is 1.39 bits per heavy atom. The molecule has 1 atom stereocenters. The van der Waals surface area contributed by atoms with Gasteiger partial charge in [0.05, 0.1) is 18.2 Å². The lowest BCUT2D eigenvalue weighted by molar-refractivity contribution is 0.0368. The van der Waals surface area contributed by atoms with Gasteiger partial charge in [0, 0.05) is 0 Å². The predicted molar refractivity (Wildman–Crippen MR) is 70.2 cm³/mol. The van der Waals surface area contributed by atoms with Crippen LogP contribution in [0.1, 0.15) is 52.9 Å². The molecule has 0 aromatic heterocycles. The number of ether oxygens (including phenoxy) is 1. The van der Waals surface area contributed by atoms with E-state index in [-0.39, 0.29) is 6.61 Å². The minimum atomic E-state index is -0.525. The fourth-order valence-corrected chi connectivity index (χ4v) is 2.45. The summed E-state index contributed by atoms with van der Waals surface area (Å²) in [5.74, 6) is 0. The summed E-state index contributed by atoms with van der Waals surface area (Å²) in [7, 11) is 0. The second-order valence-electron chi connectivity index (χ2n) is 6.13. The molecule has 5 heteroatoms.